The van der Waals surface area contributed by atoms with Crippen molar-refractivity contribution in [1.82, 2.24) is 10.1 Å². The van der Waals surface area contributed by atoms with E-state index in [1.807, 2.05) is 6.92 Å². The summed E-state index contributed by atoms with van der Waals surface area (Å²) in [6.07, 6.45) is 2.65. The topological polar surface area (TPSA) is 78.6 Å². The lowest BCUT2D eigenvalue weighted by Gasteiger charge is -2.35. The molecule has 1 aromatic rings. The van der Waals surface area contributed by atoms with Crippen LogP contribution in [0, 0.1) is 12.8 Å². The van der Waals surface area contributed by atoms with Crippen molar-refractivity contribution in [2.75, 3.05) is 25.0 Å². The molecule has 1 saturated heterocycles. The third kappa shape index (κ3) is 3.58. The second-order valence-electron chi connectivity index (χ2n) is 5.40. The molecule has 112 valence electrons. The van der Waals surface area contributed by atoms with Crippen molar-refractivity contribution in [2.45, 2.75) is 39.2 Å². The number of nitrogens with zero attached hydrogens (tertiary/aromatic N) is 2. The molecule has 1 aliphatic rings. The highest BCUT2D eigenvalue weighted by molar-refractivity contribution is 5.93. The lowest BCUT2D eigenvalue weighted by molar-refractivity contribution is -0.122. The largest absolute Gasteiger partial charge is 0.396 e. The summed E-state index contributed by atoms with van der Waals surface area (Å²) >= 11 is 0. The number of aliphatic hydroxyl groups excluding tert-OH is 1. The number of aryl methyl sites for hydroxylation is 1. The highest BCUT2D eigenvalue weighted by atomic mass is 16.5. The van der Waals surface area contributed by atoms with E-state index in [4.69, 9.17) is 9.63 Å². The van der Waals surface area contributed by atoms with Gasteiger partial charge in [-0.1, -0.05) is 12.1 Å². The highest BCUT2D eigenvalue weighted by Gasteiger charge is 2.28. The van der Waals surface area contributed by atoms with Crippen molar-refractivity contribution in [3.63, 3.8) is 0 Å². The number of nitrogens with one attached hydrogen (secondary N) is 1. The van der Waals surface area contributed by atoms with E-state index in [2.05, 4.69) is 15.4 Å². The van der Waals surface area contributed by atoms with Crippen LogP contribution < -0.4 is 5.32 Å². The molecule has 2 heterocycles. The molecule has 0 bridgehead atoms. The van der Waals surface area contributed by atoms with Crippen molar-refractivity contribution in [3.8, 4) is 0 Å². The first-order chi connectivity index (χ1) is 9.63. The van der Waals surface area contributed by atoms with E-state index in [1.54, 1.807) is 13.0 Å². The van der Waals surface area contributed by atoms with E-state index < -0.39 is 0 Å². The molecular formula is C14H23N3O3. The van der Waals surface area contributed by atoms with Gasteiger partial charge in [0.05, 0.1) is 6.04 Å². The van der Waals surface area contributed by atoms with Gasteiger partial charge in [-0.15, -0.1) is 0 Å². The Morgan fingerprint density at radius 1 is 1.60 bits per heavy atom. The molecule has 0 spiro atoms. The fraction of sp³-hybridized carbons (Fsp3) is 0.714. The predicted molar refractivity (Wildman–Crippen MR) is 75.3 cm³/mol. The number of carbonyl (C=O) groups excluding carboxylic acids is 1. The summed E-state index contributed by atoms with van der Waals surface area (Å²) in [5.74, 6) is 1.49. The summed E-state index contributed by atoms with van der Waals surface area (Å²) in [5, 5.41) is 15.7. The lowest BCUT2D eigenvalue weighted by Crippen LogP contribution is -2.47. The number of hydrogen-bond acceptors (Lipinski definition) is 5. The number of rotatable bonds is 5. The fourth-order valence-electron chi connectivity index (χ4n) is 2.69. The molecule has 1 amide bonds. The van der Waals surface area contributed by atoms with Crippen molar-refractivity contribution >= 4 is 11.7 Å². The minimum Gasteiger partial charge on any atom is -0.396 e. The van der Waals surface area contributed by atoms with Crippen LogP contribution >= 0.6 is 0 Å². The minimum absolute atomic E-state index is 0.0387. The van der Waals surface area contributed by atoms with Crippen LogP contribution in [-0.2, 0) is 4.79 Å². The van der Waals surface area contributed by atoms with E-state index in [0.717, 1.165) is 32.4 Å². The van der Waals surface area contributed by atoms with Crippen LogP contribution in [0.15, 0.2) is 10.6 Å². The molecule has 0 aliphatic carbocycles. The number of aromatic nitrogens is 1. The average molecular weight is 281 g/mol. The number of amides is 1. The van der Waals surface area contributed by atoms with Crippen molar-refractivity contribution in [3.05, 3.63) is 11.8 Å². The van der Waals surface area contributed by atoms with Gasteiger partial charge in [0.25, 0.3) is 0 Å². The molecule has 1 fully saturated rings. The fourth-order valence-corrected chi connectivity index (χ4v) is 2.69. The molecule has 2 rings (SSSR count). The first kappa shape index (κ1) is 15.0. The second kappa shape index (κ2) is 6.85. The zero-order valence-electron chi connectivity index (χ0n) is 12.1. The number of anilines is 1. The molecule has 0 saturated carbocycles. The average Bonchev–Trinajstić information content (AvgIpc) is 2.85. The Labute approximate surface area is 119 Å². The van der Waals surface area contributed by atoms with Crippen LogP contribution in [0.3, 0.4) is 0 Å². The maximum Gasteiger partial charge on any atom is 0.242 e. The minimum atomic E-state index is -0.147. The van der Waals surface area contributed by atoms with Gasteiger partial charge in [0.2, 0.25) is 5.91 Å². The molecule has 1 aliphatic heterocycles. The van der Waals surface area contributed by atoms with E-state index in [1.165, 1.54) is 0 Å². The van der Waals surface area contributed by atoms with Gasteiger partial charge in [0.15, 0.2) is 5.82 Å². The van der Waals surface area contributed by atoms with Crippen LogP contribution in [0.25, 0.3) is 0 Å². The van der Waals surface area contributed by atoms with Crippen LogP contribution in [0.2, 0.25) is 0 Å². The smallest absolute Gasteiger partial charge is 0.242 e. The zero-order valence-corrected chi connectivity index (χ0v) is 12.1. The molecule has 0 unspecified atom stereocenters. The maximum atomic E-state index is 12.3. The Bertz CT molecular complexity index is 439. The van der Waals surface area contributed by atoms with Gasteiger partial charge in [0, 0.05) is 12.7 Å². The normalized spacial score (nSPS) is 18.9. The van der Waals surface area contributed by atoms with Gasteiger partial charge in [-0.3, -0.25) is 9.69 Å². The molecule has 6 heteroatoms. The summed E-state index contributed by atoms with van der Waals surface area (Å²) in [5.41, 5.74) is 0. The highest BCUT2D eigenvalue weighted by Crippen LogP contribution is 2.20. The lowest BCUT2D eigenvalue weighted by atomic mass is 9.96. The molecule has 20 heavy (non-hydrogen) atoms. The predicted octanol–water partition coefficient (Wildman–Crippen LogP) is 1.40. The van der Waals surface area contributed by atoms with E-state index in [-0.39, 0.29) is 18.6 Å². The van der Waals surface area contributed by atoms with Gasteiger partial charge in [-0.05, 0) is 45.2 Å². The summed E-state index contributed by atoms with van der Waals surface area (Å²) in [4.78, 5) is 14.5. The van der Waals surface area contributed by atoms with Crippen LogP contribution in [0.4, 0.5) is 5.82 Å². The Kier molecular flexibility index (Phi) is 5.14. The quantitative estimate of drug-likeness (QED) is 0.853. The Balaban J connectivity index is 1.92. The van der Waals surface area contributed by atoms with Gasteiger partial charge >= 0.3 is 0 Å². The molecular weight excluding hydrogens is 258 g/mol. The van der Waals surface area contributed by atoms with Gasteiger partial charge < -0.3 is 14.9 Å². The Morgan fingerprint density at radius 2 is 2.30 bits per heavy atom. The van der Waals surface area contributed by atoms with E-state index >= 15 is 0 Å². The standard InChI is InChI=1S/C14H23N3O3/c1-3-12(17-6-4-11(9-18)5-7-17)14(19)15-13-8-10(2)20-16-13/h8,11-12,18H,3-7,9H2,1-2H3,(H,15,16,19)/t12-/m0/s1. The third-order valence-electron chi connectivity index (χ3n) is 3.92. The SMILES string of the molecule is CC[C@@H](C(=O)Nc1cc(C)on1)N1CCC(CO)CC1. The van der Waals surface area contributed by atoms with Crippen LogP contribution in [0.5, 0.6) is 0 Å². The number of likely N-dealkylation sites (tertiary alicyclic amines) is 1. The van der Waals surface area contributed by atoms with Crippen molar-refractivity contribution in [1.29, 1.82) is 0 Å². The molecule has 0 aromatic carbocycles. The number of hydrogen-bond donors (Lipinski definition) is 2. The zero-order chi connectivity index (χ0) is 14.5. The summed E-state index contributed by atoms with van der Waals surface area (Å²) in [6, 6.07) is 1.56. The maximum absolute atomic E-state index is 12.3. The third-order valence-corrected chi connectivity index (χ3v) is 3.92. The van der Waals surface area contributed by atoms with Crippen LogP contribution in [0.1, 0.15) is 31.9 Å². The number of aliphatic hydroxyl groups is 1. The number of piperidine rings is 1. The van der Waals surface area contributed by atoms with E-state index in [9.17, 15) is 4.79 Å². The summed E-state index contributed by atoms with van der Waals surface area (Å²) in [7, 11) is 0. The van der Waals surface area contributed by atoms with Gasteiger partial charge in [-0.2, -0.15) is 0 Å². The molecule has 6 nitrogen and oxygen atoms in total. The van der Waals surface area contributed by atoms with E-state index in [0.29, 0.717) is 17.5 Å². The first-order valence-corrected chi connectivity index (χ1v) is 7.23. The summed E-state index contributed by atoms with van der Waals surface area (Å²) in [6.45, 7) is 5.76. The summed E-state index contributed by atoms with van der Waals surface area (Å²) < 4.78 is 4.95. The Hall–Kier alpha value is -1.40. The van der Waals surface area contributed by atoms with Crippen molar-refractivity contribution < 1.29 is 14.4 Å². The Morgan fingerprint density at radius 3 is 2.80 bits per heavy atom. The van der Waals surface area contributed by atoms with Crippen molar-refractivity contribution in [2.24, 2.45) is 5.92 Å². The molecule has 1 atom stereocenters. The van der Waals surface area contributed by atoms with Gasteiger partial charge in [-0.25, -0.2) is 0 Å². The van der Waals surface area contributed by atoms with Crippen LogP contribution in [-0.4, -0.2) is 46.8 Å². The van der Waals surface area contributed by atoms with Gasteiger partial charge in [0.1, 0.15) is 5.76 Å². The molecule has 1 aromatic heterocycles. The molecule has 0 radical (unpaired) electrons. The number of carbonyl (C=O) groups is 1. The monoisotopic (exact) mass is 281 g/mol. The second-order valence-corrected chi connectivity index (χ2v) is 5.40. The first-order valence-electron chi connectivity index (χ1n) is 7.23. The molecule has 2 N–H and O–H groups in total.